The number of esters is 1. The van der Waals surface area contributed by atoms with E-state index in [-0.39, 0.29) is 5.97 Å². The van der Waals surface area contributed by atoms with Crippen molar-refractivity contribution in [2.24, 2.45) is 0 Å². The molecule has 0 heterocycles. The minimum atomic E-state index is -0.740. The molecule has 3 nitrogen and oxygen atoms in total. The first kappa shape index (κ1) is 15.2. The highest BCUT2D eigenvalue weighted by Gasteiger charge is 2.13. The maximum Gasteiger partial charge on any atom is 0.333 e. The molecule has 0 aromatic heterocycles. The Kier molecular flexibility index (Phi) is 6.03. The van der Waals surface area contributed by atoms with E-state index in [9.17, 15) is 9.90 Å². The molecule has 3 heteroatoms. The van der Waals surface area contributed by atoms with E-state index >= 15 is 0 Å². The number of ether oxygens (including phenoxy) is 1. The molecule has 0 amide bonds. The van der Waals surface area contributed by atoms with Gasteiger partial charge in [0.2, 0.25) is 0 Å². The lowest BCUT2D eigenvalue weighted by atomic mass is 9.99. The second-order valence-electron chi connectivity index (χ2n) is 4.15. The molecular formula is C16H20O3. The average molecular weight is 260 g/mol. The van der Waals surface area contributed by atoms with Crippen LogP contribution in [-0.2, 0) is 9.53 Å². The highest BCUT2D eigenvalue weighted by Crippen LogP contribution is 2.23. The Balaban J connectivity index is 2.91. The molecule has 1 N–H and O–H groups in total. The zero-order chi connectivity index (χ0) is 14.3. The Morgan fingerprint density at radius 1 is 1.37 bits per heavy atom. The quantitative estimate of drug-likeness (QED) is 0.502. The molecular weight excluding hydrogens is 240 g/mol. The Hall–Kier alpha value is -1.87. The van der Waals surface area contributed by atoms with Gasteiger partial charge in [0.1, 0.15) is 6.10 Å². The molecule has 0 aliphatic carbocycles. The third kappa shape index (κ3) is 4.38. The van der Waals surface area contributed by atoms with Gasteiger partial charge in [-0.1, -0.05) is 36.4 Å². The van der Waals surface area contributed by atoms with Crippen molar-refractivity contribution in [1.82, 2.24) is 0 Å². The van der Waals surface area contributed by atoms with Crippen molar-refractivity contribution >= 4 is 5.97 Å². The molecule has 1 unspecified atom stereocenters. The van der Waals surface area contributed by atoms with Crippen molar-refractivity contribution < 1.29 is 14.6 Å². The number of allylic oxidation sites excluding steroid dienone is 1. The molecule has 0 radical (unpaired) electrons. The highest BCUT2D eigenvalue weighted by molar-refractivity contribution is 5.88. The average Bonchev–Trinajstić information content (AvgIpc) is 2.45. The molecule has 19 heavy (non-hydrogen) atoms. The number of hydrogen-bond acceptors (Lipinski definition) is 3. The summed E-state index contributed by atoms with van der Waals surface area (Å²) in [6, 6.07) is 9.33. The third-order valence-corrected chi connectivity index (χ3v) is 2.74. The number of carbonyl (C=O) groups is 1. The lowest BCUT2D eigenvalue weighted by molar-refractivity contribution is -0.138. The van der Waals surface area contributed by atoms with Crippen molar-refractivity contribution in [3.8, 4) is 0 Å². The van der Waals surface area contributed by atoms with Crippen molar-refractivity contribution in [3.05, 3.63) is 59.2 Å². The van der Waals surface area contributed by atoms with E-state index in [1.165, 1.54) is 0 Å². The summed E-state index contributed by atoms with van der Waals surface area (Å²) in [4.78, 5) is 11.6. The van der Waals surface area contributed by atoms with E-state index < -0.39 is 6.10 Å². The van der Waals surface area contributed by atoms with E-state index in [4.69, 9.17) is 4.74 Å². The first-order chi connectivity index (χ1) is 9.10. The van der Waals surface area contributed by atoms with Crippen molar-refractivity contribution in [2.75, 3.05) is 6.61 Å². The summed E-state index contributed by atoms with van der Waals surface area (Å²) in [6.07, 6.45) is 2.71. The molecule has 0 saturated carbocycles. The lowest BCUT2D eigenvalue weighted by Gasteiger charge is -2.13. The second-order valence-corrected chi connectivity index (χ2v) is 4.15. The fraction of sp³-hybridized carbons (Fsp3) is 0.312. The molecule has 0 aliphatic heterocycles. The Bertz CT molecular complexity index is 472. The zero-order valence-corrected chi connectivity index (χ0v) is 11.6. The minimum Gasteiger partial charge on any atom is -0.463 e. The van der Waals surface area contributed by atoms with Gasteiger partial charge in [-0.05, 0) is 38.0 Å². The normalized spacial score (nSPS) is 14.1. The van der Waals surface area contributed by atoms with E-state index in [0.717, 1.165) is 5.56 Å². The van der Waals surface area contributed by atoms with Gasteiger partial charge in [-0.15, -0.1) is 0 Å². The number of carbonyl (C=O) groups excluding carboxylic acids is 1. The van der Waals surface area contributed by atoms with Crippen LogP contribution in [0.4, 0.5) is 0 Å². The summed E-state index contributed by atoms with van der Waals surface area (Å²) >= 11 is 0. The summed E-state index contributed by atoms with van der Waals surface area (Å²) in [6.45, 7) is 5.62. The molecule has 0 spiro atoms. The predicted octanol–water partition coefficient (Wildman–Crippen LogP) is 3.18. The number of benzene rings is 1. The molecule has 1 aromatic rings. The molecule has 0 bridgehead atoms. The van der Waals surface area contributed by atoms with Crippen LogP contribution in [0.3, 0.4) is 0 Å². The second kappa shape index (κ2) is 7.54. The topological polar surface area (TPSA) is 46.5 Å². The Morgan fingerprint density at radius 3 is 2.53 bits per heavy atom. The van der Waals surface area contributed by atoms with E-state index in [0.29, 0.717) is 17.8 Å². The molecule has 0 saturated heterocycles. The van der Waals surface area contributed by atoms with Crippen LogP contribution in [0.2, 0.25) is 0 Å². The van der Waals surface area contributed by atoms with Gasteiger partial charge in [-0.2, -0.15) is 0 Å². The predicted molar refractivity (Wildman–Crippen MR) is 75.5 cm³/mol. The number of aliphatic hydroxyl groups excluding tert-OH is 1. The van der Waals surface area contributed by atoms with Gasteiger partial charge in [0, 0.05) is 5.57 Å². The van der Waals surface area contributed by atoms with Crippen molar-refractivity contribution in [3.63, 3.8) is 0 Å². The maximum atomic E-state index is 11.6. The van der Waals surface area contributed by atoms with Crippen LogP contribution in [0.15, 0.2) is 53.6 Å². The van der Waals surface area contributed by atoms with Crippen LogP contribution in [0.25, 0.3) is 0 Å². The van der Waals surface area contributed by atoms with Crippen molar-refractivity contribution in [2.45, 2.75) is 26.9 Å². The van der Waals surface area contributed by atoms with Gasteiger partial charge in [0.25, 0.3) is 0 Å². The fourth-order valence-corrected chi connectivity index (χ4v) is 1.70. The molecule has 102 valence electrons. The van der Waals surface area contributed by atoms with Crippen LogP contribution < -0.4 is 0 Å². The van der Waals surface area contributed by atoms with Gasteiger partial charge in [0.15, 0.2) is 0 Å². The van der Waals surface area contributed by atoms with Crippen molar-refractivity contribution in [1.29, 1.82) is 0 Å². The summed E-state index contributed by atoms with van der Waals surface area (Å²) in [5, 5.41) is 10.3. The van der Waals surface area contributed by atoms with E-state index in [2.05, 4.69) is 0 Å². The molecule has 1 rings (SSSR count). The molecule has 0 aliphatic rings. The van der Waals surface area contributed by atoms with Crippen LogP contribution in [0, 0.1) is 0 Å². The van der Waals surface area contributed by atoms with E-state index in [1.807, 2.05) is 37.3 Å². The van der Waals surface area contributed by atoms with Gasteiger partial charge < -0.3 is 9.84 Å². The first-order valence-electron chi connectivity index (χ1n) is 6.34. The molecule has 1 atom stereocenters. The molecule has 1 aromatic carbocycles. The Labute approximate surface area is 114 Å². The number of aliphatic hydroxyl groups is 1. The minimum absolute atomic E-state index is 0.344. The number of rotatable bonds is 5. The highest BCUT2D eigenvalue weighted by atomic mass is 16.5. The first-order valence-corrected chi connectivity index (χ1v) is 6.34. The lowest BCUT2D eigenvalue weighted by Crippen LogP contribution is -2.07. The largest absolute Gasteiger partial charge is 0.463 e. The smallest absolute Gasteiger partial charge is 0.333 e. The summed E-state index contributed by atoms with van der Waals surface area (Å²) in [7, 11) is 0. The van der Waals surface area contributed by atoms with Gasteiger partial charge >= 0.3 is 5.97 Å². The summed E-state index contributed by atoms with van der Waals surface area (Å²) in [5.74, 6) is -0.359. The maximum absolute atomic E-state index is 11.6. The molecule has 0 fully saturated rings. The van der Waals surface area contributed by atoms with Crippen LogP contribution >= 0.6 is 0 Å². The van der Waals surface area contributed by atoms with Gasteiger partial charge in [-0.3, -0.25) is 0 Å². The van der Waals surface area contributed by atoms with Crippen LogP contribution in [-0.4, -0.2) is 17.7 Å². The summed E-state index contributed by atoms with van der Waals surface area (Å²) in [5.41, 5.74) is 1.95. The monoisotopic (exact) mass is 260 g/mol. The zero-order valence-electron chi connectivity index (χ0n) is 11.6. The fourth-order valence-electron chi connectivity index (χ4n) is 1.70. The summed E-state index contributed by atoms with van der Waals surface area (Å²) < 4.78 is 4.92. The van der Waals surface area contributed by atoms with E-state index in [1.54, 1.807) is 26.0 Å². The Morgan fingerprint density at radius 2 is 2.00 bits per heavy atom. The SMILES string of the molecule is C/C=C(\C=C(/C)C(=O)OCC)C(O)c1ccccc1. The van der Waals surface area contributed by atoms with Crippen LogP contribution in [0.1, 0.15) is 32.4 Å². The standard InChI is InChI=1S/C16H20O3/c1-4-13(11-12(3)16(18)19-5-2)15(17)14-9-7-6-8-10-14/h4,6-11,15,17H,5H2,1-3H3/b12-11+,13-4+. The van der Waals surface area contributed by atoms with Gasteiger partial charge in [-0.25, -0.2) is 4.79 Å². The van der Waals surface area contributed by atoms with Crippen LogP contribution in [0.5, 0.6) is 0 Å². The number of hydrogen-bond donors (Lipinski definition) is 1. The van der Waals surface area contributed by atoms with Gasteiger partial charge in [0.05, 0.1) is 6.61 Å². The third-order valence-electron chi connectivity index (χ3n) is 2.74.